The van der Waals surface area contributed by atoms with Gasteiger partial charge in [-0.2, -0.15) is 0 Å². The molecule has 0 aliphatic rings. The van der Waals surface area contributed by atoms with Crippen LogP contribution in [0.5, 0.6) is 0 Å². The van der Waals surface area contributed by atoms with E-state index in [0.29, 0.717) is 0 Å². The van der Waals surface area contributed by atoms with Crippen LogP contribution in [0.3, 0.4) is 0 Å². The molecule has 0 aromatic heterocycles. The number of rotatable bonds is 8. The second kappa shape index (κ2) is 15.2. The fourth-order valence-corrected chi connectivity index (χ4v) is 1.40. The summed E-state index contributed by atoms with van der Waals surface area (Å²) >= 11 is 0. The largest absolute Gasteiger partial charge is 0.381 e. The summed E-state index contributed by atoms with van der Waals surface area (Å²) in [7, 11) is 0. The van der Waals surface area contributed by atoms with Crippen molar-refractivity contribution in [3.63, 3.8) is 0 Å². The molecule has 1 aromatic carbocycles. The first kappa shape index (κ1) is 16.2. The Labute approximate surface area is 107 Å². The van der Waals surface area contributed by atoms with Crippen LogP contribution in [-0.2, 0) is 4.74 Å². The molecule has 0 atom stereocenters. The number of hydrogen-bond acceptors (Lipinski definition) is 1. The molecule has 1 aromatic rings. The fraction of sp³-hybridized carbons (Fsp3) is 0.625. The molecule has 0 aliphatic heterocycles. The van der Waals surface area contributed by atoms with Gasteiger partial charge in [0.15, 0.2) is 0 Å². The lowest BCUT2D eigenvalue weighted by Crippen LogP contribution is -1.96. The van der Waals surface area contributed by atoms with Crippen molar-refractivity contribution in [2.24, 2.45) is 0 Å². The van der Waals surface area contributed by atoms with Crippen molar-refractivity contribution < 1.29 is 4.74 Å². The second-order valence-corrected chi connectivity index (χ2v) is 4.18. The Hall–Kier alpha value is -0.820. The highest BCUT2D eigenvalue weighted by molar-refractivity contribution is 4.99. The molecule has 0 saturated carbocycles. The van der Waals surface area contributed by atoms with Crippen LogP contribution >= 0.6 is 0 Å². The number of benzene rings is 1. The third-order valence-electron chi connectivity index (χ3n) is 2.45. The van der Waals surface area contributed by atoms with E-state index in [0.717, 1.165) is 13.2 Å². The molecular formula is C16H28O. The van der Waals surface area contributed by atoms with Crippen LogP contribution < -0.4 is 0 Å². The minimum atomic E-state index is 0.970. The van der Waals surface area contributed by atoms with Gasteiger partial charge in [-0.15, -0.1) is 0 Å². The molecule has 0 radical (unpaired) electrons. The number of unbranched alkanes of at least 4 members (excludes halogenated alkanes) is 4. The van der Waals surface area contributed by atoms with Gasteiger partial charge in [0.2, 0.25) is 0 Å². The summed E-state index contributed by atoms with van der Waals surface area (Å²) in [5, 5.41) is 0. The zero-order valence-corrected chi connectivity index (χ0v) is 11.5. The average Bonchev–Trinajstić information content (AvgIpc) is 2.41. The maximum absolute atomic E-state index is 5.44. The van der Waals surface area contributed by atoms with Gasteiger partial charge in [-0.05, 0) is 12.8 Å². The van der Waals surface area contributed by atoms with Gasteiger partial charge in [-0.25, -0.2) is 0 Å². The van der Waals surface area contributed by atoms with E-state index in [-0.39, 0.29) is 0 Å². The van der Waals surface area contributed by atoms with E-state index in [4.69, 9.17) is 4.74 Å². The molecule has 0 aliphatic carbocycles. The van der Waals surface area contributed by atoms with Gasteiger partial charge in [0.1, 0.15) is 0 Å². The molecule has 0 bridgehead atoms. The van der Waals surface area contributed by atoms with Crippen molar-refractivity contribution in [1.82, 2.24) is 0 Å². The molecule has 0 saturated heterocycles. The van der Waals surface area contributed by atoms with E-state index in [2.05, 4.69) is 13.8 Å². The molecular weight excluding hydrogens is 208 g/mol. The lowest BCUT2D eigenvalue weighted by molar-refractivity contribution is 0.126. The molecule has 0 heterocycles. The van der Waals surface area contributed by atoms with Crippen molar-refractivity contribution in [2.45, 2.75) is 52.4 Å². The Morgan fingerprint density at radius 3 is 1.24 bits per heavy atom. The molecule has 1 rings (SSSR count). The Morgan fingerprint density at radius 2 is 0.941 bits per heavy atom. The SMILES string of the molecule is CCCCCOCCCCC.c1ccccc1. The van der Waals surface area contributed by atoms with E-state index < -0.39 is 0 Å². The van der Waals surface area contributed by atoms with E-state index in [1.54, 1.807) is 0 Å². The van der Waals surface area contributed by atoms with Gasteiger partial charge in [0, 0.05) is 13.2 Å². The molecule has 0 unspecified atom stereocenters. The van der Waals surface area contributed by atoms with Crippen LogP contribution in [0.15, 0.2) is 36.4 Å². The third kappa shape index (κ3) is 15.2. The highest BCUT2D eigenvalue weighted by atomic mass is 16.5. The van der Waals surface area contributed by atoms with Crippen molar-refractivity contribution >= 4 is 0 Å². The predicted molar refractivity (Wildman–Crippen MR) is 76.3 cm³/mol. The minimum Gasteiger partial charge on any atom is -0.381 e. The van der Waals surface area contributed by atoms with Crippen LogP contribution in [0.2, 0.25) is 0 Å². The first-order valence-electron chi connectivity index (χ1n) is 6.99. The zero-order chi connectivity index (χ0) is 12.6. The van der Waals surface area contributed by atoms with Crippen molar-refractivity contribution in [1.29, 1.82) is 0 Å². The Bertz CT molecular complexity index is 173. The lowest BCUT2D eigenvalue weighted by atomic mass is 10.2. The van der Waals surface area contributed by atoms with Crippen molar-refractivity contribution in [2.75, 3.05) is 13.2 Å². The standard InChI is InChI=1S/C10H22O.C6H6/c1-3-5-7-9-11-10-8-6-4-2;1-2-4-6-5-3-1/h3-10H2,1-2H3;1-6H. The van der Waals surface area contributed by atoms with Gasteiger partial charge in [0.25, 0.3) is 0 Å². The molecule has 0 spiro atoms. The van der Waals surface area contributed by atoms with E-state index >= 15 is 0 Å². The summed E-state index contributed by atoms with van der Waals surface area (Å²) in [5.41, 5.74) is 0. The van der Waals surface area contributed by atoms with E-state index in [1.807, 2.05) is 36.4 Å². The van der Waals surface area contributed by atoms with Gasteiger partial charge in [-0.1, -0.05) is 75.9 Å². The van der Waals surface area contributed by atoms with Crippen LogP contribution in [0.4, 0.5) is 0 Å². The molecule has 0 N–H and O–H groups in total. The maximum Gasteiger partial charge on any atom is 0.0466 e. The lowest BCUT2D eigenvalue weighted by Gasteiger charge is -2.01. The molecule has 98 valence electrons. The van der Waals surface area contributed by atoms with Gasteiger partial charge < -0.3 is 4.74 Å². The van der Waals surface area contributed by atoms with Crippen molar-refractivity contribution in [3.05, 3.63) is 36.4 Å². The van der Waals surface area contributed by atoms with E-state index in [9.17, 15) is 0 Å². The average molecular weight is 236 g/mol. The van der Waals surface area contributed by atoms with Crippen LogP contribution in [-0.4, -0.2) is 13.2 Å². The first-order valence-corrected chi connectivity index (χ1v) is 6.99. The summed E-state index contributed by atoms with van der Waals surface area (Å²) < 4.78 is 5.44. The predicted octanol–water partition coefficient (Wildman–Crippen LogP) is 5.07. The second-order valence-electron chi connectivity index (χ2n) is 4.18. The highest BCUT2D eigenvalue weighted by Gasteiger charge is 1.88. The van der Waals surface area contributed by atoms with Gasteiger partial charge >= 0.3 is 0 Å². The van der Waals surface area contributed by atoms with Crippen LogP contribution in [0.25, 0.3) is 0 Å². The molecule has 0 fully saturated rings. The first-order chi connectivity index (χ1) is 8.41. The summed E-state index contributed by atoms with van der Waals surface area (Å²) in [4.78, 5) is 0. The summed E-state index contributed by atoms with van der Waals surface area (Å²) in [5.74, 6) is 0. The Morgan fingerprint density at radius 1 is 0.588 bits per heavy atom. The van der Waals surface area contributed by atoms with Gasteiger partial charge in [-0.3, -0.25) is 0 Å². The molecule has 0 amide bonds. The minimum absolute atomic E-state index is 0.970. The molecule has 17 heavy (non-hydrogen) atoms. The summed E-state index contributed by atoms with van der Waals surface area (Å²) in [6, 6.07) is 12.0. The smallest absolute Gasteiger partial charge is 0.0466 e. The maximum atomic E-state index is 5.44. The normalized spacial score (nSPS) is 9.53. The Kier molecular flexibility index (Phi) is 14.4. The monoisotopic (exact) mass is 236 g/mol. The summed E-state index contributed by atoms with van der Waals surface area (Å²) in [6.07, 6.45) is 7.68. The highest BCUT2D eigenvalue weighted by Crippen LogP contribution is 1.97. The fourth-order valence-electron chi connectivity index (χ4n) is 1.40. The van der Waals surface area contributed by atoms with E-state index in [1.165, 1.54) is 38.5 Å². The molecule has 1 nitrogen and oxygen atoms in total. The quantitative estimate of drug-likeness (QED) is 0.573. The topological polar surface area (TPSA) is 9.23 Å². The summed E-state index contributed by atoms with van der Waals surface area (Å²) in [6.45, 7) is 6.38. The Balaban J connectivity index is 0.000000354. The zero-order valence-electron chi connectivity index (χ0n) is 11.5. The number of hydrogen-bond donors (Lipinski definition) is 0. The molecule has 1 heteroatoms. The number of ether oxygens (including phenoxy) is 1. The van der Waals surface area contributed by atoms with Gasteiger partial charge in [0.05, 0.1) is 0 Å². The van der Waals surface area contributed by atoms with Crippen LogP contribution in [0, 0.1) is 0 Å². The van der Waals surface area contributed by atoms with Crippen LogP contribution in [0.1, 0.15) is 52.4 Å². The third-order valence-corrected chi connectivity index (χ3v) is 2.45. The van der Waals surface area contributed by atoms with Crippen molar-refractivity contribution in [3.8, 4) is 0 Å².